The van der Waals surface area contributed by atoms with E-state index in [-0.39, 0.29) is 14.7 Å². The molecule has 0 N–H and O–H groups in total. The quantitative estimate of drug-likeness (QED) is 0.535. The van der Waals surface area contributed by atoms with Crippen molar-refractivity contribution >= 4 is 31.9 Å². The van der Waals surface area contributed by atoms with E-state index in [1.165, 1.54) is 24.3 Å². The van der Waals surface area contributed by atoms with Gasteiger partial charge in [0.25, 0.3) is 0 Å². The summed E-state index contributed by atoms with van der Waals surface area (Å²) in [5.41, 5.74) is -0.781. The monoisotopic (exact) mass is 412 g/mol. The third-order valence-corrected chi connectivity index (χ3v) is 3.61. The van der Waals surface area contributed by atoms with Gasteiger partial charge >= 0.3 is 6.18 Å². The first-order chi connectivity index (χ1) is 9.27. The Kier molecular flexibility index (Phi) is 4.39. The molecule has 0 radical (unpaired) electrons. The van der Waals surface area contributed by atoms with Gasteiger partial charge in [0.2, 0.25) is 0 Å². The van der Waals surface area contributed by atoms with Crippen molar-refractivity contribution in [2.45, 2.75) is 6.18 Å². The molecule has 2 aromatic carbocycles. The fourth-order valence-electron chi connectivity index (χ4n) is 1.43. The zero-order valence-electron chi connectivity index (χ0n) is 9.64. The van der Waals surface area contributed by atoms with Crippen molar-refractivity contribution in [2.24, 2.45) is 0 Å². The van der Waals surface area contributed by atoms with Crippen LogP contribution in [-0.2, 0) is 6.18 Å². The smallest absolute Gasteiger partial charge is 0.416 e. The molecule has 0 aliphatic heterocycles. The van der Waals surface area contributed by atoms with Crippen molar-refractivity contribution in [2.75, 3.05) is 0 Å². The summed E-state index contributed by atoms with van der Waals surface area (Å²) in [7, 11) is 0. The molecule has 1 nitrogen and oxygen atoms in total. The average Bonchev–Trinajstić information content (AvgIpc) is 2.35. The maximum Gasteiger partial charge on any atom is 0.416 e. The molecule has 2 aromatic rings. The minimum Gasteiger partial charge on any atom is -0.456 e. The highest BCUT2D eigenvalue weighted by Crippen LogP contribution is 2.37. The van der Waals surface area contributed by atoms with Crippen molar-refractivity contribution < 1.29 is 22.3 Å². The van der Waals surface area contributed by atoms with Gasteiger partial charge < -0.3 is 4.74 Å². The van der Waals surface area contributed by atoms with E-state index in [9.17, 15) is 17.6 Å². The summed E-state index contributed by atoms with van der Waals surface area (Å²) in [6.07, 6.45) is -4.42. The molecule has 7 heteroatoms. The summed E-state index contributed by atoms with van der Waals surface area (Å²) in [6.45, 7) is 0. The molecule has 106 valence electrons. The standard InChI is InChI=1S/C13H6Br2F4O/c14-9-6-8(2-3-11(9)16)20-12-4-1-7(5-10(12)15)13(17,18)19/h1-6H. The number of ether oxygens (including phenoxy) is 1. The molecule has 0 bridgehead atoms. The van der Waals surface area contributed by atoms with Gasteiger partial charge in [-0.25, -0.2) is 4.39 Å². The Hall–Kier alpha value is -1.08. The van der Waals surface area contributed by atoms with Crippen molar-refractivity contribution in [3.63, 3.8) is 0 Å². The highest BCUT2D eigenvalue weighted by atomic mass is 79.9. The predicted octanol–water partition coefficient (Wildman–Crippen LogP) is 6.16. The Bertz CT molecular complexity index is 641. The van der Waals surface area contributed by atoms with Crippen LogP contribution in [0.3, 0.4) is 0 Å². The maximum absolute atomic E-state index is 13.1. The molecule has 2 rings (SSSR count). The third-order valence-electron chi connectivity index (χ3n) is 2.38. The number of hydrogen-bond acceptors (Lipinski definition) is 1. The summed E-state index contributed by atoms with van der Waals surface area (Å²) in [6, 6.07) is 7.00. The summed E-state index contributed by atoms with van der Waals surface area (Å²) < 4.78 is 56.4. The molecule has 0 fully saturated rings. The summed E-state index contributed by atoms with van der Waals surface area (Å²) in [4.78, 5) is 0. The van der Waals surface area contributed by atoms with Crippen LogP contribution in [0.25, 0.3) is 0 Å². The van der Waals surface area contributed by atoms with Crippen LogP contribution in [0.5, 0.6) is 11.5 Å². The number of halogens is 6. The third kappa shape index (κ3) is 3.52. The van der Waals surface area contributed by atoms with Crippen molar-refractivity contribution in [3.8, 4) is 11.5 Å². The van der Waals surface area contributed by atoms with Gasteiger partial charge in [0, 0.05) is 0 Å². The highest BCUT2D eigenvalue weighted by molar-refractivity contribution is 9.10. The minimum atomic E-state index is -4.42. The number of rotatable bonds is 2. The van der Waals surface area contributed by atoms with Crippen molar-refractivity contribution in [1.29, 1.82) is 0 Å². The van der Waals surface area contributed by atoms with Crippen LogP contribution in [0.15, 0.2) is 45.3 Å². The van der Waals surface area contributed by atoms with Crippen LogP contribution < -0.4 is 4.74 Å². The molecule has 0 unspecified atom stereocenters. The first-order valence-corrected chi connectivity index (χ1v) is 6.85. The Labute approximate surface area is 128 Å². The SMILES string of the molecule is Fc1ccc(Oc2ccc(C(F)(F)F)cc2Br)cc1Br. The molecule has 0 spiro atoms. The molecule has 0 saturated heterocycles. The van der Waals surface area contributed by atoms with E-state index in [4.69, 9.17) is 4.74 Å². The lowest BCUT2D eigenvalue weighted by Crippen LogP contribution is -2.04. The van der Waals surface area contributed by atoms with E-state index in [1.807, 2.05) is 0 Å². The molecule has 0 atom stereocenters. The lowest BCUT2D eigenvalue weighted by atomic mass is 10.2. The fourth-order valence-corrected chi connectivity index (χ4v) is 2.24. The van der Waals surface area contributed by atoms with E-state index in [2.05, 4.69) is 31.9 Å². The molecule has 0 amide bonds. The van der Waals surface area contributed by atoms with Gasteiger partial charge in [0.05, 0.1) is 14.5 Å². The largest absolute Gasteiger partial charge is 0.456 e. The number of alkyl halides is 3. The first-order valence-electron chi connectivity index (χ1n) is 5.27. The first kappa shape index (κ1) is 15.3. The van der Waals surface area contributed by atoms with Gasteiger partial charge in [-0.2, -0.15) is 13.2 Å². The Morgan fingerprint density at radius 2 is 1.60 bits per heavy atom. The van der Waals surface area contributed by atoms with E-state index >= 15 is 0 Å². The normalized spacial score (nSPS) is 11.5. The Morgan fingerprint density at radius 3 is 2.15 bits per heavy atom. The van der Waals surface area contributed by atoms with Gasteiger partial charge in [0.1, 0.15) is 17.3 Å². The molecule has 0 aliphatic carbocycles. The van der Waals surface area contributed by atoms with Crippen LogP contribution in [0, 0.1) is 5.82 Å². The van der Waals surface area contributed by atoms with Crippen LogP contribution in [0.4, 0.5) is 17.6 Å². The molecule has 0 aliphatic rings. The highest BCUT2D eigenvalue weighted by Gasteiger charge is 2.31. The minimum absolute atomic E-state index is 0.160. The van der Waals surface area contributed by atoms with Crippen molar-refractivity contribution in [3.05, 3.63) is 56.7 Å². The molecule has 0 heterocycles. The van der Waals surface area contributed by atoms with Gasteiger partial charge in [-0.05, 0) is 68.3 Å². The zero-order chi connectivity index (χ0) is 14.9. The second-order valence-electron chi connectivity index (χ2n) is 3.82. The number of benzene rings is 2. The number of hydrogen-bond donors (Lipinski definition) is 0. The van der Waals surface area contributed by atoms with Crippen LogP contribution in [-0.4, -0.2) is 0 Å². The van der Waals surface area contributed by atoms with E-state index in [1.54, 1.807) is 0 Å². The molecular weight excluding hydrogens is 408 g/mol. The summed E-state index contributed by atoms with van der Waals surface area (Å²) in [5.74, 6) is 0.0547. The Balaban J connectivity index is 2.28. The zero-order valence-corrected chi connectivity index (χ0v) is 12.8. The molecule has 20 heavy (non-hydrogen) atoms. The summed E-state index contributed by atoms with van der Waals surface area (Å²) in [5, 5.41) is 0. The second-order valence-corrected chi connectivity index (χ2v) is 5.53. The maximum atomic E-state index is 13.1. The predicted molar refractivity (Wildman–Crippen MR) is 73.3 cm³/mol. The average molecular weight is 414 g/mol. The van der Waals surface area contributed by atoms with Gasteiger partial charge in [-0.3, -0.25) is 0 Å². The van der Waals surface area contributed by atoms with Gasteiger partial charge in [-0.15, -0.1) is 0 Å². The van der Waals surface area contributed by atoms with Crippen LogP contribution >= 0.6 is 31.9 Å². The van der Waals surface area contributed by atoms with E-state index < -0.39 is 17.6 Å². The van der Waals surface area contributed by atoms with Crippen LogP contribution in [0.1, 0.15) is 5.56 Å². The van der Waals surface area contributed by atoms with Gasteiger partial charge in [-0.1, -0.05) is 0 Å². The van der Waals surface area contributed by atoms with E-state index in [0.717, 1.165) is 12.1 Å². The van der Waals surface area contributed by atoms with Gasteiger partial charge in [0.15, 0.2) is 0 Å². The Morgan fingerprint density at radius 1 is 0.900 bits per heavy atom. The van der Waals surface area contributed by atoms with Crippen LogP contribution in [0.2, 0.25) is 0 Å². The molecular formula is C13H6Br2F4O. The topological polar surface area (TPSA) is 9.23 Å². The van der Waals surface area contributed by atoms with E-state index in [0.29, 0.717) is 5.75 Å². The second kappa shape index (κ2) is 5.73. The summed E-state index contributed by atoms with van der Waals surface area (Å²) >= 11 is 6.02. The lowest BCUT2D eigenvalue weighted by Gasteiger charge is -2.11. The lowest BCUT2D eigenvalue weighted by molar-refractivity contribution is -0.137. The fraction of sp³-hybridized carbons (Fsp3) is 0.0769. The molecule has 0 aromatic heterocycles. The molecule has 0 saturated carbocycles. The van der Waals surface area contributed by atoms with Crippen molar-refractivity contribution in [1.82, 2.24) is 0 Å².